The fraction of sp³-hybridized carbons (Fsp3) is 0.636. The summed E-state index contributed by atoms with van der Waals surface area (Å²) in [5, 5.41) is 3.24. The Hall–Kier alpha value is -2.64. The van der Waals surface area contributed by atoms with Crippen LogP contribution in [-0.4, -0.2) is 55.8 Å². The molecule has 0 spiro atoms. The Morgan fingerprint density at radius 3 is 2.80 bits per heavy atom. The number of piperidine rings is 1. The predicted molar refractivity (Wildman–Crippen MR) is 113 cm³/mol. The van der Waals surface area contributed by atoms with Crippen molar-refractivity contribution in [2.45, 2.75) is 65.3 Å². The molecule has 2 aromatic heterocycles. The van der Waals surface area contributed by atoms with Crippen LogP contribution in [0.1, 0.15) is 69.3 Å². The molecule has 0 radical (unpaired) electrons. The zero-order valence-corrected chi connectivity index (χ0v) is 18.1. The zero-order chi connectivity index (χ0) is 21.4. The molecule has 0 aliphatic carbocycles. The number of nitrogens with one attached hydrogen (secondary N) is 1. The van der Waals surface area contributed by atoms with Crippen molar-refractivity contribution in [2.75, 3.05) is 19.6 Å². The molecule has 4 heterocycles. The van der Waals surface area contributed by atoms with E-state index in [1.165, 1.54) is 4.52 Å². The molecular formula is C22H31N5O3. The molecule has 1 N–H and O–H groups in total. The molecule has 8 heteroatoms. The van der Waals surface area contributed by atoms with Gasteiger partial charge in [0.15, 0.2) is 5.65 Å². The Bertz CT molecular complexity index is 1020. The van der Waals surface area contributed by atoms with E-state index in [0.29, 0.717) is 43.7 Å². The van der Waals surface area contributed by atoms with E-state index in [9.17, 15) is 14.4 Å². The lowest BCUT2D eigenvalue weighted by Crippen LogP contribution is -2.41. The van der Waals surface area contributed by atoms with Gasteiger partial charge in [0.2, 0.25) is 11.8 Å². The average Bonchev–Trinajstić information content (AvgIpc) is 3.22. The summed E-state index contributed by atoms with van der Waals surface area (Å²) in [5.41, 5.74) is 2.84. The SMILES string of the molecule is CCC(=O)N1CCc2nc3cc([C@H]4CCCN(C(=O)[C@@H](C)CC)C4)[nH]n3c(=O)c2C1. The molecule has 1 fully saturated rings. The second kappa shape index (κ2) is 8.24. The van der Waals surface area contributed by atoms with Crippen molar-refractivity contribution in [1.82, 2.24) is 24.4 Å². The maximum Gasteiger partial charge on any atom is 0.277 e. The molecule has 0 aromatic carbocycles. The first kappa shape index (κ1) is 20.6. The van der Waals surface area contributed by atoms with Crippen molar-refractivity contribution in [2.24, 2.45) is 5.92 Å². The van der Waals surface area contributed by atoms with E-state index in [-0.39, 0.29) is 29.2 Å². The summed E-state index contributed by atoms with van der Waals surface area (Å²) >= 11 is 0. The highest BCUT2D eigenvalue weighted by atomic mass is 16.2. The minimum Gasteiger partial charge on any atom is -0.342 e. The first-order valence-electron chi connectivity index (χ1n) is 11.1. The fourth-order valence-corrected chi connectivity index (χ4v) is 4.56. The first-order valence-corrected chi connectivity index (χ1v) is 11.1. The summed E-state index contributed by atoms with van der Waals surface area (Å²) in [6.45, 7) is 8.26. The number of carbonyl (C=O) groups excluding carboxylic acids is 2. The van der Waals surface area contributed by atoms with E-state index in [1.807, 2.05) is 31.7 Å². The number of aromatic nitrogens is 3. The maximum atomic E-state index is 13.1. The van der Waals surface area contributed by atoms with Gasteiger partial charge >= 0.3 is 0 Å². The van der Waals surface area contributed by atoms with Crippen molar-refractivity contribution < 1.29 is 9.59 Å². The highest BCUT2D eigenvalue weighted by Gasteiger charge is 2.29. The second-order valence-electron chi connectivity index (χ2n) is 8.60. The van der Waals surface area contributed by atoms with Crippen LogP contribution in [0.3, 0.4) is 0 Å². The molecular weight excluding hydrogens is 382 g/mol. The molecule has 2 atom stereocenters. The number of carbonyl (C=O) groups is 2. The minimum absolute atomic E-state index is 0.0382. The Labute approximate surface area is 176 Å². The van der Waals surface area contributed by atoms with Crippen LogP contribution >= 0.6 is 0 Å². The molecule has 8 nitrogen and oxygen atoms in total. The van der Waals surface area contributed by atoms with Gasteiger partial charge in [0, 0.05) is 56.1 Å². The summed E-state index contributed by atoms with van der Waals surface area (Å²) in [7, 11) is 0. The van der Waals surface area contributed by atoms with E-state index >= 15 is 0 Å². The topological polar surface area (TPSA) is 90.8 Å². The molecule has 1 saturated heterocycles. The average molecular weight is 414 g/mol. The summed E-state index contributed by atoms with van der Waals surface area (Å²) < 4.78 is 1.50. The standard InChI is InChI=1S/C22H31N5O3/c1-4-14(3)21(29)26-9-6-7-15(12-26)18-11-19-23-17-8-10-25(20(28)5-2)13-16(17)22(30)27(19)24-18/h11,14-15,24H,4-10,12-13H2,1-3H3/t14-,15-/m0/s1. The number of H-pyrrole nitrogens is 1. The number of amides is 2. The molecule has 2 aromatic rings. The molecule has 4 rings (SSSR count). The van der Waals surface area contributed by atoms with Gasteiger partial charge in [-0.2, -0.15) is 0 Å². The number of aromatic amines is 1. The van der Waals surface area contributed by atoms with Gasteiger partial charge in [-0.05, 0) is 19.3 Å². The van der Waals surface area contributed by atoms with Crippen LogP contribution in [0, 0.1) is 5.92 Å². The van der Waals surface area contributed by atoms with Gasteiger partial charge in [0.1, 0.15) is 0 Å². The predicted octanol–water partition coefficient (Wildman–Crippen LogP) is 2.07. The van der Waals surface area contributed by atoms with Crippen LogP contribution in [0.4, 0.5) is 0 Å². The summed E-state index contributed by atoms with van der Waals surface area (Å²) in [6.07, 6.45) is 3.81. The van der Waals surface area contributed by atoms with Gasteiger partial charge < -0.3 is 9.80 Å². The van der Waals surface area contributed by atoms with E-state index in [2.05, 4.69) is 5.10 Å². The van der Waals surface area contributed by atoms with Crippen molar-refractivity contribution in [3.8, 4) is 0 Å². The van der Waals surface area contributed by atoms with Gasteiger partial charge in [0.25, 0.3) is 5.56 Å². The summed E-state index contributed by atoms with van der Waals surface area (Å²) in [6, 6.07) is 1.95. The number of hydrogen-bond acceptors (Lipinski definition) is 4. The van der Waals surface area contributed by atoms with E-state index in [0.717, 1.165) is 37.2 Å². The van der Waals surface area contributed by atoms with Gasteiger partial charge in [0.05, 0.1) is 17.8 Å². The van der Waals surface area contributed by atoms with Crippen molar-refractivity contribution in [1.29, 1.82) is 0 Å². The highest BCUT2D eigenvalue weighted by molar-refractivity contribution is 5.78. The van der Waals surface area contributed by atoms with Crippen LogP contribution in [-0.2, 0) is 22.6 Å². The van der Waals surface area contributed by atoms with Gasteiger partial charge in [-0.15, -0.1) is 0 Å². The van der Waals surface area contributed by atoms with Crippen LogP contribution in [0.15, 0.2) is 10.9 Å². The van der Waals surface area contributed by atoms with Crippen molar-refractivity contribution in [3.05, 3.63) is 33.4 Å². The molecule has 0 bridgehead atoms. The van der Waals surface area contributed by atoms with Crippen molar-refractivity contribution >= 4 is 17.5 Å². The summed E-state index contributed by atoms with van der Waals surface area (Å²) in [4.78, 5) is 46.2. The molecule has 2 aliphatic heterocycles. The van der Waals surface area contributed by atoms with Gasteiger partial charge in [-0.1, -0.05) is 20.8 Å². The lowest BCUT2D eigenvalue weighted by molar-refractivity contribution is -0.136. The maximum absolute atomic E-state index is 13.1. The zero-order valence-electron chi connectivity index (χ0n) is 18.1. The fourth-order valence-electron chi connectivity index (χ4n) is 4.56. The van der Waals surface area contributed by atoms with Crippen LogP contribution in [0.25, 0.3) is 5.65 Å². The third-order valence-electron chi connectivity index (χ3n) is 6.64. The summed E-state index contributed by atoms with van der Waals surface area (Å²) in [5.74, 6) is 0.481. The largest absolute Gasteiger partial charge is 0.342 e. The minimum atomic E-state index is -0.127. The lowest BCUT2D eigenvalue weighted by Gasteiger charge is -2.33. The molecule has 2 amide bonds. The smallest absolute Gasteiger partial charge is 0.277 e. The van der Waals surface area contributed by atoms with E-state index < -0.39 is 0 Å². The molecule has 30 heavy (non-hydrogen) atoms. The third kappa shape index (κ3) is 3.63. The Morgan fingerprint density at radius 2 is 2.07 bits per heavy atom. The number of fused-ring (bicyclic) bond motifs is 2. The number of nitrogens with zero attached hydrogens (tertiary/aromatic N) is 4. The molecule has 162 valence electrons. The second-order valence-corrected chi connectivity index (χ2v) is 8.60. The van der Waals surface area contributed by atoms with Gasteiger partial charge in [-0.3, -0.25) is 19.5 Å². The number of likely N-dealkylation sites (tertiary alicyclic amines) is 1. The van der Waals surface area contributed by atoms with Gasteiger partial charge in [-0.25, -0.2) is 9.50 Å². The Kier molecular flexibility index (Phi) is 5.66. The third-order valence-corrected chi connectivity index (χ3v) is 6.64. The van der Waals surface area contributed by atoms with Crippen molar-refractivity contribution in [3.63, 3.8) is 0 Å². The quantitative estimate of drug-likeness (QED) is 0.831. The molecule has 2 aliphatic rings. The van der Waals surface area contributed by atoms with E-state index in [4.69, 9.17) is 4.98 Å². The monoisotopic (exact) mass is 413 g/mol. The van der Waals surface area contributed by atoms with E-state index in [1.54, 1.807) is 4.90 Å². The normalized spacial score (nSPS) is 20.3. The lowest BCUT2D eigenvalue weighted by atomic mass is 9.93. The highest BCUT2D eigenvalue weighted by Crippen LogP contribution is 2.28. The van der Waals surface area contributed by atoms with Crippen LogP contribution < -0.4 is 5.56 Å². The number of hydrogen-bond donors (Lipinski definition) is 1. The Balaban J connectivity index is 1.61. The van der Waals surface area contributed by atoms with Crippen LogP contribution in [0.5, 0.6) is 0 Å². The van der Waals surface area contributed by atoms with Crippen LogP contribution in [0.2, 0.25) is 0 Å². The first-order chi connectivity index (χ1) is 14.4. The Morgan fingerprint density at radius 1 is 1.27 bits per heavy atom. The molecule has 0 saturated carbocycles. The number of rotatable bonds is 4. The molecule has 0 unspecified atom stereocenters.